The van der Waals surface area contributed by atoms with E-state index >= 15 is 0 Å². The molecule has 0 saturated heterocycles. The van der Waals surface area contributed by atoms with Gasteiger partial charge in [0.1, 0.15) is 11.5 Å². The lowest BCUT2D eigenvalue weighted by atomic mass is 10.1. The molecule has 0 aliphatic heterocycles. The summed E-state index contributed by atoms with van der Waals surface area (Å²) >= 11 is 0. The van der Waals surface area contributed by atoms with Crippen LogP contribution in [0.1, 0.15) is 119 Å². The monoisotopic (exact) mass is 530 g/mol. The lowest BCUT2D eigenvalue weighted by Crippen LogP contribution is -2.32. The molecular formula is C30H58O7. The van der Waals surface area contributed by atoms with Gasteiger partial charge in [-0.3, -0.25) is 0 Å². The number of hydrogen-bond donors (Lipinski definition) is 0. The Morgan fingerprint density at radius 3 is 1.11 bits per heavy atom. The van der Waals surface area contributed by atoms with Gasteiger partial charge in [-0.25, -0.2) is 0 Å². The van der Waals surface area contributed by atoms with Gasteiger partial charge in [-0.15, -0.1) is 0 Å². The minimum atomic E-state index is -0.812. The fourth-order valence-electron chi connectivity index (χ4n) is 3.60. The molecule has 0 saturated carbocycles. The summed E-state index contributed by atoms with van der Waals surface area (Å²) in [4.78, 5) is 0. The molecule has 0 aromatic rings. The highest BCUT2D eigenvalue weighted by atomic mass is 16.8. The summed E-state index contributed by atoms with van der Waals surface area (Å²) in [6, 6.07) is 0. The molecule has 0 aliphatic rings. The number of allylic oxidation sites excluding steroid dienone is 2. The molecule has 0 radical (unpaired) electrons. The first-order valence-electron chi connectivity index (χ1n) is 14.8. The molecule has 0 aromatic heterocycles. The summed E-state index contributed by atoms with van der Waals surface area (Å²) in [6.07, 6.45) is 9.97. The van der Waals surface area contributed by atoms with Crippen molar-refractivity contribution in [3.8, 4) is 0 Å². The topological polar surface area (TPSA) is 64.6 Å². The van der Waals surface area contributed by atoms with Crippen molar-refractivity contribution in [1.29, 1.82) is 0 Å². The lowest BCUT2D eigenvalue weighted by Gasteiger charge is -2.29. The van der Waals surface area contributed by atoms with Crippen LogP contribution in [0, 0.1) is 0 Å². The van der Waals surface area contributed by atoms with Gasteiger partial charge >= 0.3 is 0 Å². The second-order valence-corrected chi connectivity index (χ2v) is 9.15. The lowest BCUT2D eigenvalue weighted by molar-refractivity contribution is -0.226. The SMILES string of the molecule is CCCCCC(OCCC)=C(OCCC)C(OC)OC(OC)C(OCCC)=C(CCCCC)OCCC. The van der Waals surface area contributed by atoms with Crippen LogP contribution >= 0.6 is 0 Å². The van der Waals surface area contributed by atoms with Gasteiger partial charge in [0.2, 0.25) is 12.6 Å². The van der Waals surface area contributed by atoms with Gasteiger partial charge in [-0.1, -0.05) is 67.2 Å². The summed E-state index contributed by atoms with van der Waals surface area (Å²) < 4.78 is 42.9. The van der Waals surface area contributed by atoms with Crippen LogP contribution in [0.5, 0.6) is 0 Å². The van der Waals surface area contributed by atoms with Crippen molar-refractivity contribution in [3.63, 3.8) is 0 Å². The van der Waals surface area contributed by atoms with E-state index in [2.05, 4.69) is 41.5 Å². The third-order valence-corrected chi connectivity index (χ3v) is 5.55. The molecule has 0 N–H and O–H groups in total. The van der Waals surface area contributed by atoms with Crippen molar-refractivity contribution >= 4 is 0 Å². The molecule has 0 amide bonds. The molecule has 2 unspecified atom stereocenters. The molecule has 0 bridgehead atoms. The van der Waals surface area contributed by atoms with Crippen molar-refractivity contribution in [3.05, 3.63) is 23.0 Å². The van der Waals surface area contributed by atoms with E-state index in [0.29, 0.717) is 37.9 Å². The van der Waals surface area contributed by atoms with Gasteiger partial charge in [0.25, 0.3) is 0 Å². The van der Waals surface area contributed by atoms with Gasteiger partial charge < -0.3 is 33.2 Å². The zero-order valence-corrected chi connectivity index (χ0v) is 25.3. The second-order valence-electron chi connectivity index (χ2n) is 9.15. The molecular weight excluding hydrogens is 472 g/mol. The van der Waals surface area contributed by atoms with Gasteiger partial charge in [-0.05, 0) is 38.5 Å². The van der Waals surface area contributed by atoms with E-state index in [1.165, 1.54) is 0 Å². The molecule has 37 heavy (non-hydrogen) atoms. The highest BCUT2D eigenvalue weighted by Crippen LogP contribution is 2.27. The van der Waals surface area contributed by atoms with Crippen LogP contribution in [0.25, 0.3) is 0 Å². The second kappa shape index (κ2) is 24.9. The van der Waals surface area contributed by atoms with Crippen LogP contribution in [0.15, 0.2) is 23.0 Å². The average Bonchev–Trinajstić information content (AvgIpc) is 2.91. The first kappa shape index (κ1) is 35.6. The predicted molar refractivity (Wildman–Crippen MR) is 150 cm³/mol. The molecule has 0 aliphatic carbocycles. The van der Waals surface area contributed by atoms with E-state index in [-0.39, 0.29) is 0 Å². The van der Waals surface area contributed by atoms with Crippen LogP contribution in [-0.4, -0.2) is 53.2 Å². The maximum atomic E-state index is 6.43. The van der Waals surface area contributed by atoms with E-state index in [0.717, 1.165) is 88.6 Å². The summed E-state index contributed by atoms with van der Waals surface area (Å²) in [7, 11) is 3.23. The Morgan fingerprint density at radius 1 is 0.459 bits per heavy atom. The van der Waals surface area contributed by atoms with Crippen LogP contribution in [0.2, 0.25) is 0 Å². The van der Waals surface area contributed by atoms with Crippen molar-refractivity contribution in [2.24, 2.45) is 0 Å². The maximum Gasteiger partial charge on any atom is 0.222 e. The van der Waals surface area contributed by atoms with Gasteiger partial charge in [0.05, 0.1) is 26.4 Å². The number of rotatable bonds is 26. The molecule has 0 heterocycles. The van der Waals surface area contributed by atoms with E-state index in [9.17, 15) is 0 Å². The molecule has 7 nitrogen and oxygen atoms in total. The Labute approximate surface area is 228 Å². The Morgan fingerprint density at radius 2 is 0.811 bits per heavy atom. The van der Waals surface area contributed by atoms with Crippen LogP contribution in [-0.2, 0) is 33.2 Å². The molecule has 2 atom stereocenters. The van der Waals surface area contributed by atoms with Crippen molar-refractivity contribution in [2.75, 3.05) is 40.6 Å². The number of unbranched alkanes of at least 4 members (excludes halogenated alkanes) is 4. The summed E-state index contributed by atoms with van der Waals surface area (Å²) in [5, 5.41) is 0. The molecule has 7 heteroatoms. The highest BCUT2D eigenvalue weighted by Gasteiger charge is 2.31. The molecule has 0 rings (SSSR count). The van der Waals surface area contributed by atoms with Crippen molar-refractivity contribution in [1.82, 2.24) is 0 Å². The zero-order chi connectivity index (χ0) is 27.7. The molecule has 0 spiro atoms. The standard InChI is InChI=1S/C30H58O7/c1-9-15-17-19-25(33-21-11-3)27(35-23-13-5)29(31-7)37-30(32-8)28(36-24-14-6)26(34-22-12-4)20-18-16-10-2/h29-30H,9-24H2,1-8H3. The first-order chi connectivity index (χ1) is 18.1. The number of methoxy groups -OCH3 is 2. The van der Waals surface area contributed by atoms with Crippen LogP contribution < -0.4 is 0 Å². The summed E-state index contributed by atoms with van der Waals surface area (Å²) in [5.74, 6) is 2.73. The Hall–Kier alpha value is -1.44. The van der Waals surface area contributed by atoms with Gasteiger partial charge in [-0.2, -0.15) is 0 Å². The third-order valence-electron chi connectivity index (χ3n) is 5.55. The largest absolute Gasteiger partial charge is 0.494 e. The fraction of sp³-hybridized carbons (Fsp3) is 0.867. The zero-order valence-electron chi connectivity index (χ0n) is 25.3. The van der Waals surface area contributed by atoms with E-state index in [1.54, 1.807) is 14.2 Å². The molecule has 0 fully saturated rings. The predicted octanol–water partition coefficient (Wildman–Crippen LogP) is 8.24. The summed E-state index contributed by atoms with van der Waals surface area (Å²) in [6.45, 7) is 15.0. The Balaban J connectivity index is 6.32. The van der Waals surface area contributed by atoms with Gasteiger partial charge in [0, 0.05) is 27.1 Å². The molecule has 0 aromatic carbocycles. The van der Waals surface area contributed by atoms with Crippen LogP contribution in [0.4, 0.5) is 0 Å². The Kier molecular flexibility index (Phi) is 23.9. The first-order valence-corrected chi connectivity index (χ1v) is 14.8. The number of hydrogen-bond acceptors (Lipinski definition) is 7. The fourth-order valence-corrected chi connectivity index (χ4v) is 3.60. The van der Waals surface area contributed by atoms with E-state index < -0.39 is 12.6 Å². The quantitative estimate of drug-likeness (QED) is 0.0634. The smallest absolute Gasteiger partial charge is 0.222 e. The van der Waals surface area contributed by atoms with Crippen LogP contribution in [0.3, 0.4) is 0 Å². The van der Waals surface area contributed by atoms with E-state index in [1.807, 2.05) is 0 Å². The average molecular weight is 531 g/mol. The number of ether oxygens (including phenoxy) is 7. The minimum Gasteiger partial charge on any atom is -0.494 e. The highest BCUT2D eigenvalue weighted by molar-refractivity contribution is 5.09. The maximum absolute atomic E-state index is 6.43. The van der Waals surface area contributed by atoms with E-state index in [4.69, 9.17) is 33.2 Å². The van der Waals surface area contributed by atoms with Crippen molar-refractivity contribution in [2.45, 2.75) is 131 Å². The Bertz CT molecular complexity index is 538. The minimum absolute atomic E-state index is 0.542. The molecule has 220 valence electrons. The van der Waals surface area contributed by atoms with Gasteiger partial charge in [0.15, 0.2) is 11.5 Å². The van der Waals surface area contributed by atoms with Crippen molar-refractivity contribution < 1.29 is 33.2 Å². The third kappa shape index (κ3) is 15.5. The summed E-state index contributed by atoms with van der Waals surface area (Å²) in [5.41, 5.74) is 0. The normalized spacial score (nSPS) is 14.5.